The van der Waals surface area contributed by atoms with E-state index in [0.29, 0.717) is 17.0 Å². The van der Waals surface area contributed by atoms with E-state index in [1.54, 1.807) is 0 Å². The molecule has 0 aliphatic rings. The molecule has 4 heteroatoms. The Labute approximate surface area is 87.5 Å². The first-order chi connectivity index (χ1) is 6.59. The van der Waals surface area contributed by atoms with Crippen molar-refractivity contribution in [3.05, 3.63) is 23.2 Å². The lowest BCUT2D eigenvalue weighted by Gasteiger charge is -2.09. The molecule has 0 bridgehead atoms. The highest BCUT2D eigenvalue weighted by Crippen LogP contribution is 2.24. The van der Waals surface area contributed by atoms with Crippen LogP contribution in [0, 0.1) is 0 Å². The maximum absolute atomic E-state index is 5.87. The topological polar surface area (TPSA) is 43.8 Å². The molecular weight excluding hydrogens is 198 g/mol. The number of hydrogen-bond acceptors (Lipinski definition) is 2. The molecule has 1 heterocycles. The molecule has 2 rings (SSSR count). The zero-order valence-corrected chi connectivity index (χ0v) is 8.92. The number of hydrogen-bond donors (Lipinski definition) is 1. The van der Waals surface area contributed by atoms with Crippen LogP contribution in [-0.2, 0) is 0 Å². The standard InChI is InChI=1S/C10H12ClN3/c1-6(2)14-9-4-3-7(11)5-8(9)13-10(14)12/h3-6H,1-2H3,(H2,12,13). The summed E-state index contributed by atoms with van der Waals surface area (Å²) in [6.07, 6.45) is 0. The van der Waals surface area contributed by atoms with Crippen LogP contribution in [0.5, 0.6) is 0 Å². The number of imidazole rings is 1. The lowest BCUT2D eigenvalue weighted by atomic mass is 10.3. The first-order valence-electron chi connectivity index (χ1n) is 4.52. The fraction of sp³-hybridized carbons (Fsp3) is 0.300. The van der Waals surface area contributed by atoms with Crippen LogP contribution in [0.1, 0.15) is 19.9 Å². The molecule has 14 heavy (non-hydrogen) atoms. The Morgan fingerprint density at radius 2 is 2.14 bits per heavy atom. The number of fused-ring (bicyclic) bond motifs is 1. The van der Waals surface area contributed by atoms with Gasteiger partial charge in [0.2, 0.25) is 5.95 Å². The third-order valence-corrected chi connectivity index (χ3v) is 2.43. The molecule has 0 aliphatic heterocycles. The molecule has 0 spiro atoms. The molecule has 3 nitrogen and oxygen atoms in total. The summed E-state index contributed by atoms with van der Waals surface area (Å²) in [4.78, 5) is 4.25. The van der Waals surface area contributed by atoms with Crippen molar-refractivity contribution in [1.82, 2.24) is 9.55 Å². The van der Waals surface area contributed by atoms with Crippen LogP contribution >= 0.6 is 11.6 Å². The number of nitrogens with zero attached hydrogens (tertiary/aromatic N) is 2. The number of rotatable bonds is 1. The molecule has 2 N–H and O–H groups in total. The average Bonchev–Trinajstić information content (AvgIpc) is 2.39. The Morgan fingerprint density at radius 1 is 1.43 bits per heavy atom. The Kier molecular flexibility index (Phi) is 2.11. The van der Waals surface area contributed by atoms with Crippen molar-refractivity contribution in [3.8, 4) is 0 Å². The number of aromatic nitrogens is 2. The van der Waals surface area contributed by atoms with Crippen molar-refractivity contribution < 1.29 is 0 Å². The number of halogens is 1. The normalized spacial score (nSPS) is 11.4. The molecular formula is C10H12ClN3. The van der Waals surface area contributed by atoms with Gasteiger partial charge in [0.25, 0.3) is 0 Å². The quantitative estimate of drug-likeness (QED) is 0.785. The van der Waals surface area contributed by atoms with Crippen LogP contribution in [0.2, 0.25) is 5.02 Å². The summed E-state index contributed by atoms with van der Waals surface area (Å²) in [7, 11) is 0. The van der Waals surface area contributed by atoms with Gasteiger partial charge in [-0.2, -0.15) is 0 Å². The van der Waals surface area contributed by atoms with Gasteiger partial charge in [-0.05, 0) is 32.0 Å². The van der Waals surface area contributed by atoms with E-state index in [9.17, 15) is 0 Å². The fourth-order valence-corrected chi connectivity index (χ4v) is 1.80. The van der Waals surface area contributed by atoms with Gasteiger partial charge in [-0.25, -0.2) is 4.98 Å². The third-order valence-electron chi connectivity index (χ3n) is 2.20. The van der Waals surface area contributed by atoms with Gasteiger partial charge in [0.05, 0.1) is 11.0 Å². The molecule has 0 aliphatic carbocycles. The summed E-state index contributed by atoms with van der Waals surface area (Å²) < 4.78 is 1.99. The molecule has 1 aromatic heterocycles. The van der Waals surface area contributed by atoms with Gasteiger partial charge >= 0.3 is 0 Å². The van der Waals surface area contributed by atoms with Crippen LogP contribution in [0.4, 0.5) is 5.95 Å². The molecule has 0 atom stereocenters. The molecule has 0 saturated carbocycles. The molecule has 1 aromatic carbocycles. The van der Waals surface area contributed by atoms with E-state index in [4.69, 9.17) is 17.3 Å². The van der Waals surface area contributed by atoms with Gasteiger partial charge in [0, 0.05) is 11.1 Å². The number of nitrogen functional groups attached to an aromatic ring is 1. The summed E-state index contributed by atoms with van der Waals surface area (Å²) in [5.74, 6) is 0.539. The Bertz CT molecular complexity index is 473. The van der Waals surface area contributed by atoms with E-state index in [0.717, 1.165) is 11.0 Å². The van der Waals surface area contributed by atoms with Crippen LogP contribution in [0.25, 0.3) is 11.0 Å². The number of nitrogens with two attached hydrogens (primary N) is 1. The lowest BCUT2D eigenvalue weighted by molar-refractivity contribution is 0.627. The highest BCUT2D eigenvalue weighted by molar-refractivity contribution is 6.31. The summed E-state index contributed by atoms with van der Waals surface area (Å²) in [6, 6.07) is 5.93. The molecule has 74 valence electrons. The van der Waals surface area contributed by atoms with E-state index in [2.05, 4.69) is 18.8 Å². The van der Waals surface area contributed by atoms with Crippen molar-refractivity contribution in [3.63, 3.8) is 0 Å². The Morgan fingerprint density at radius 3 is 2.79 bits per heavy atom. The van der Waals surface area contributed by atoms with Crippen molar-refractivity contribution >= 4 is 28.6 Å². The van der Waals surface area contributed by atoms with Gasteiger partial charge in [-0.15, -0.1) is 0 Å². The second kappa shape index (κ2) is 3.17. The fourth-order valence-electron chi connectivity index (χ4n) is 1.63. The first kappa shape index (κ1) is 9.34. The highest BCUT2D eigenvalue weighted by Gasteiger charge is 2.10. The monoisotopic (exact) mass is 209 g/mol. The lowest BCUT2D eigenvalue weighted by Crippen LogP contribution is -2.05. The maximum Gasteiger partial charge on any atom is 0.201 e. The van der Waals surface area contributed by atoms with Crippen molar-refractivity contribution in [2.24, 2.45) is 0 Å². The summed E-state index contributed by atoms with van der Waals surface area (Å²) in [6.45, 7) is 4.15. The first-order valence-corrected chi connectivity index (χ1v) is 4.90. The van der Waals surface area contributed by atoms with Gasteiger partial charge < -0.3 is 10.3 Å². The van der Waals surface area contributed by atoms with Gasteiger partial charge in [-0.1, -0.05) is 11.6 Å². The van der Waals surface area contributed by atoms with Crippen molar-refractivity contribution in [1.29, 1.82) is 0 Å². The van der Waals surface area contributed by atoms with Crippen LogP contribution in [0.15, 0.2) is 18.2 Å². The zero-order chi connectivity index (χ0) is 10.3. The van der Waals surface area contributed by atoms with Crippen LogP contribution in [0.3, 0.4) is 0 Å². The van der Waals surface area contributed by atoms with Gasteiger partial charge in [-0.3, -0.25) is 0 Å². The smallest absolute Gasteiger partial charge is 0.201 e. The van der Waals surface area contributed by atoms with E-state index in [1.165, 1.54) is 0 Å². The summed E-state index contributed by atoms with van der Waals surface area (Å²) >= 11 is 5.87. The predicted octanol–water partition coefficient (Wildman–Crippen LogP) is 2.85. The minimum atomic E-state index is 0.307. The van der Waals surface area contributed by atoms with Crippen LogP contribution in [-0.4, -0.2) is 9.55 Å². The van der Waals surface area contributed by atoms with E-state index in [-0.39, 0.29) is 0 Å². The molecule has 0 fully saturated rings. The zero-order valence-electron chi connectivity index (χ0n) is 8.16. The third kappa shape index (κ3) is 1.34. The average molecular weight is 210 g/mol. The van der Waals surface area contributed by atoms with E-state index >= 15 is 0 Å². The predicted molar refractivity (Wildman–Crippen MR) is 59.5 cm³/mol. The molecule has 0 radical (unpaired) electrons. The minimum absolute atomic E-state index is 0.307. The largest absolute Gasteiger partial charge is 0.369 e. The molecule has 2 aromatic rings. The van der Waals surface area contributed by atoms with Gasteiger partial charge in [0.15, 0.2) is 0 Å². The second-order valence-electron chi connectivity index (χ2n) is 3.57. The van der Waals surface area contributed by atoms with Crippen molar-refractivity contribution in [2.75, 3.05) is 5.73 Å². The Hall–Kier alpha value is -1.22. The van der Waals surface area contributed by atoms with E-state index in [1.807, 2.05) is 22.8 Å². The highest BCUT2D eigenvalue weighted by atomic mass is 35.5. The summed E-state index contributed by atoms with van der Waals surface area (Å²) in [5.41, 5.74) is 7.69. The number of anilines is 1. The van der Waals surface area contributed by atoms with Crippen molar-refractivity contribution in [2.45, 2.75) is 19.9 Å². The van der Waals surface area contributed by atoms with Crippen LogP contribution < -0.4 is 5.73 Å². The molecule has 0 saturated heterocycles. The maximum atomic E-state index is 5.87. The Balaban J connectivity index is 2.77. The molecule has 0 unspecified atom stereocenters. The number of benzene rings is 1. The van der Waals surface area contributed by atoms with Gasteiger partial charge in [0.1, 0.15) is 0 Å². The SMILES string of the molecule is CC(C)n1c(N)nc2cc(Cl)ccc21. The molecule has 0 amide bonds. The minimum Gasteiger partial charge on any atom is -0.369 e. The second-order valence-corrected chi connectivity index (χ2v) is 4.00. The van der Waals surface area contributed by atoms with E-state index < -0.39 is 0 Å². The summed E-state index contributed by atoms with van der Waals surface area (Å²) in [5, 5.41) is 0.686.